The highest BCUT2D eigenvalue weighted by Gasteiger charge is 2.18. The first kappa shape index (κ1) is 17.8. The van der Waals surface area contributed by atoms with Gasteiger partial charge in [-0.3, -0.25) is 0 Å². The van der Waals surface area contributed by atoms with Gasteiger partial charge in [-0.15, -0.1) is 0 Å². The number of aliphatic hydroxyl groups excluding tert-OH is 1. The van der Waals surface area contributed by atoms with Gasteiger partial charge in [-0.2, -0.15) is 0 Å². The monoisotopic (exact) mass is 295 g/mol. The second-order valence-electron chi connectivity index (χ2n) is 5.38. The molecule has 0 saturated heterocycles. The van der Waals surface area contributed by atoms with Gasteiger partial charge in [-0.1, -0.05) is 32.8 Å². The molecular formula is C17H29NO3. The minimum absolute atomic E-state index is 0.106. The van der Waals surface area contributed by atoms with E-state index in [2.05, 4.69) is 26.1 Å². The molecule has 4 heteroatoms. The lowest BCUT2D eigenvalue weighted by molar-refractivity contribution is 0.0988. The average Bonchev–Trinajstić information content (AvgIpc) is 2.52. The standard InChI is InChI=1S/C17H29NO3/c1-6-13(7-2)16(19)11-18-12(3)15-9-8-14(20-4)10-17(15)21-5/h8-10,12-13,16,18-19H,6-7,11H2,1-5H3. The summed E-state index contributed by atoms with van der Waals surface area (Å²) in [4.78, 5) is 0. The molecule has 120 valence electrons. The van der Waals surface area contributed by atoms with Gasteiger partial charge in [0.1, 0.15) is 11.5 Å². The maximum Gasteiger partial charge on any atom is 0.127 e. The van der Waals surface area contributed by atoms with Crippen LogP contribution in [0.4, 0.5) is 0 Å². The second kappa shape index (κ2) is 8.90. The molecule has 4 nitrogen and oxygen atoms in total. The Kier molecular flexibility index (Phi) is 7.54. The topological polar surface area (TPSA) is 50.7 Å². The molecule has 0 radical (unpaired) electrons. The van der Waals surface area contributed by atoms with Crippen molar-refractivity contribution in [1.82, 2.24) is 5.32 Å². The van der Waals surface area contributed by atoms with Crippen molar-refractivity contribution in [2.75, 3.05) is 20.8 Å². The van der Waals surface area contributed by atoms with Crippen LogP contribution in [0, 0.1) is 5.92 Å². The molecule has 0 fully saturated rings. The highest BCUT2D eigenvalue weighted by atomic mass is 16.5. The Morgan fingerprint density at radius 3 is 2.33 bits per heavy atom. The van der Waals surface area contributed by atoms with Gasteiger partial charge < -0.3 is 19.9 Å². The normalized spacial score (nSPS) is 14.0. The quantitative estimate of drug-likeness (QED) is 0.735. The molecular weight excluding hydrogens is 266 g/mol. The van der Waals surface area contributed by atoms with Gasteiger partial charge in [-0.25, -0.2) is 0 Å². The Hall–Kier alpha value is -1.26. The molecule has 0 aliphatic carbocycles. The van der Waals surface area contributed by atoms with Crippen LogP contribution in [0.2, 0.25) is 0 Å². The number of hydrogen-bond donors (Lipinski definition) is 2. The van der Waals surface area contributed by atoms with Gasteiger partial charge >= 0.3 is 0 Å². The Morgan fingerprint density at radius 1 is 1.14 bits per heavy atom. The summed E-state index contributed by atoms with van der Waals surface area (Å²) in [5, 5.41) is 13.6. The smallest absolute Gasteiger partial charge is 0.127 e. The van der Waals surface area contributed by atoms with E-state index in [1.54, 1.807) is 14.2 Å². The third-order valence-corrected chi connectivity index (χ3v) is 4.13. The summed E-state index contributed by atoms with van der Waals surface area (Å²) in [7, 11) is 3.30. The van der Waals surface area contributed by atoms with E-state index in [-0.39, 0.29) is 12.1 Å². The first-order chi connectivity index (χ1) is 10.1. The number of hydrogen-bond acceptors (Lipinski definition) is 4. The van der Waals surface area contributed by atoms with E-state index in [1.165, 1.54) is 0 Å². The number of methoxy groups -OCH3 is 2. The zero-order valence-electron chi connectivity index (χ0n) is 13.8. The van der Waals surface area contributed by atoms with Crippen LogP contribution in [-0.4, -0.2) is 32.0 Å². The molecule has 1 rings (SSSR count). The van der Waals surface area contributed by atoms with Crippen molar-refractivity contribution in [1.29, 1.82) is 0 Å². The minimum Gasteiger partial charge on any atom is -0.497 e. The number of ether oxygens (including phenoxy) is 2. The Morgan fingerprint density at radius 2 is 1.81 bits per heavy atom. The molecule has 1 aromatic rings. The van der Waals surface area contributed by atoms with Crippen LogP contribution in [0.15, 0.2) is 18.2 Å². The van der Waals surface area contributed by atoms with Crippen molar-refractivity contribution in [3.05, 3.63) is 23.8 Å². The Labute approximate surface area is 128 Å². The highest BCUT2D eigenvalue weighted by molar-refractivity contribution is 5.42. The number of rotatable bonds is 9. The van der Waals surface area contributed by atoms with Gasteiger partial charge in [0.15, 0.2) is 0 Å². The predicted molar refractivity (Wildman–Crippen MR) is 86.0 cm³/mol. The molecule has 0 bridgehead atoms. The Bertz CT molecular complexity index is 418. The number of benzene rings is 1. The van der Waals surface area contributed by atoms with Crippen LogP contribution in [0.25, 0.3) is 0 Å². The van der Waals surface area contributed by atoms with Gasteiger partial charge in [0.25, 0.3) is 0 Å². The lowest BCUT2D eigenvalue weighted by Gasteiger charge is -2.24. The molecule has 21 heavy (non-hydrogen) atoms. The summed E-state index contributed by atoms with van der Waals surface area (Å²) >= 11 is 0. The fourth-order valence-corrected chi connectivity index (χ4v) is 2.58. The molecule has 0 spiro atoms. The van der Waals surface area contributed by atoms with Crippen LogP contribution >= 0.6 is 0 Å². The lowest BCUT2D eigenvalue weighted by Crippen LogP contribution is -2.34. The molecule has 2 atom stereocenters. The van der Waals surface area contributed by atoms with E-state index in [9.17, 15) is 5.11 Å². The largest absolute Gasteiger partial charge is 0.497 e. The van der Waals surface area contributed by atoms with E-state index in [0.29, 0.717) is 12.5 Å². The third-order valence-electron chi connectivity index (χ3n) is 4.13. The Balaban J connectivity index is 2.69. The molecule has 0 aliphatic heterocycles. The van der Waals surface area contributed by atoms with Crippen molar-refractivity contribution in [2.45, 2.75) is 45.8 Å². The van der Waals surface area contributed by atoms with Crippen molar-refractivity contribution in [3.63, 3.8) is 0 Å². The zero-order chi connectivity index (χ0) is 15.8. The maximum atomic E-state index is 10.2. The molecule has 0 saturated carbocycles. The number of nitrogens with one attached hydrogen (secondary N) is 1. The van der Waals surface area contributed by atoms with Crippen LogP contribution in [0.3, 0.4) is 0 Å². The SMILES string of the molecule is CCC(CC)C(O)CNC(C)c1ccc(OC)cc1OC. The predicted octanol–water partition coefficient (Wildman–Crippen LogP) is 3.15. The summed E-state index contributed by atoms with van der Waals surface area (Å²) in [5.74, 6) is 1.92. The summed E-state index contributed by atoms with van der Waals surface area (Å²) in [6.07, 6.45) is 1.69. The second-order valence-corrected chi connectivity index (χ2v) is 5.38. The van der Waals surface area contributed by atoms with Gasteiger partial charge in [0.2, 0.25) is 0 Å². The molecule has 2 N–H and O–H groups in total. The average molecular weight is 295 g/mol. The molecule has 0 heterocycles. The van der Waals surface area contributed by atoms with Crippen LogP contribution < -0.4 is 14.8 Å². The summed E-state index contributed by atoms with van der Waals surface area (Å²) in [6.45, 7) is 6.90. The maximum absolute atomic E-state index is 10.2. The summed E-state index contributed by atoms with van der Waals surface area (Å²) in [5.41, 5.74) is 1.06. The van der Waals surface area contributed by atoms with Crippen LogP contribution in [0.5, 0.6) is 11.5 Å². The molecule has 2 unspecified atom stereocenters. The van der Waals surface area contributed by atoms with Gasteiger partial charge in [0.05, 0.1) is 20.3 Å². The lowest BCUT2D eigenvalue weighted by atomic mass is 9.96. The van der Waals surface area contributed by atoms with E-state index in [1.807, 2.05) is 18.2 Å². The first-order valence-corrected chi connectivity index (χ1v) is 7.70. The molecule has 0 aliphatic rings. The van der Waals surface area contributed by atoms with Crippen LogP contribution in [0.1, 0.15) is 45.2 Å². The fraction of sp³-hybridized carbons (Fsp3) is 0.647. The summed E-state index contributed by atoms with van der Waals surface area (Å²) in [6, 6.07) is 5.91. The highest BCUT2D eigenvalue weighted by Crippen LogP contribution is 2.29. The fourth-order valence-electron chi connectivity index (χ4n) is 2.58. The summed E-state index contributed by atoms with van der Waals surface area (Å²) < 4.78 is 10.6. The molecule has 0 aromatic heterocycles. The third kappa shape index (κ3) is 4.90. The van der Waals surface area contributed by atoms with E-state index < -0.39 is 0 Å². The van der Waals surface area contributed by atoms with Crippen molar-refractivity contribution < 1.29 is 14.6 Å². The molecule has 0 amide bonds. The van der Waals surface area contributed by atoms with Gasteiger partial charge in [-0.05, 0) is 18.9 Å². The number of aliphatic hydroxyl groups is 1. The van der Waals surface area contributed by atoms with E-state index in [0.717, 1.165) is 29.9 Å². The van der Waals surface area contributed by atoms with E-state index >= 15 is 0 Å². The van der Waals surface area contributed by atoms with Crippen molar-refractivity contribution >= 4 is 0 Å². The van der Waals surface area contributed by atoms with Crippen molar-refractivity contribution in [3.8, 4) is 11.5 Å². The molecule has 1 aromatic carbocycles. The van der Waals surface area contributed by atoms with Crippen LogP contribution in [-0.2, 0) is 0 Å². The van der Waals surface area contributed by atoms with Gasteiger partial charge in [0, 0.05) is 24.2 Å². The first-order valence-electron chi connectivity index (χ1n) is 7.70. The van der Waals surface area contributed by atoms with E-state index in [4.69, 9.17) is 9.47 Å². The van der Waals surface area contributed by atoms with Crippen molar-refractivity contribution in [2.24, 2.45) is 5.92 Å². The zero-order valence-corrected chi connectivity index (χ0v) is 13.8. The minimum atomic E-state index is -0.313.